The molecule has 88 valence electrons. The van der Waals surface area contributed by atoms with Crippen molar-refractivity contribution in [3.05, 3.63) is 35.9 Å². The van der Waals surface area contributed by atoms with E-state index in [1.165, 1.54) is 0 Å². The Labute approximate surface area is 107 Å². The first-order chi connectivity index (χ1) is 7.81. The van der Waals surface area contributed by atoms with E-state index in [1.54, 1.807) is 0 Å². The summed E-state index contributed by atoms with van der Waals surface area (Å²) in [6, 6.07) is 8.14. The van der Waals surface area contributed by atoms with Crippen molar-refractivity contribution >= 4 is 22.0 Å². The van der Waals surface area contributed by atoms with Crippen LogP contribution in [-0.4, -0.2) is 11.9 Å². The second-order valence-electron chi connectivity index (χ2n) is 3.78. The maximum absolute atomic E-state index is 5.85. The summed E-state index contributed by atoms with van der Waals surface area (Å²) >= 11 is 3.50. The second kappa shape index (κ2) is 7.50. The fourth-order valence-corrected chi connectivity index (χ4v) is 2.05. The number of hydrogen-bond donors (Lipinski definition) is 0. The number of rotatable bonds is 6. The van der Waals surface area contributed by atoms with E-state index in [1.807, 2.05) is 31.2 Å². The molecule has 0 aliphatic rings. The van der Waals surface area contributed by atoms with Gasteiger partial charge in [-0.05, 0) is 19.4 Å². The molecule has 1 unspecified atom stereocenters. The topological polar surface area (TPSA) is 9.23 Å². The highest BCUT2D eigenvalue weighted by Crippen LogP contribution is 2.20. The average Bonchev–Trinajstić information content (AvgIpc) is 2.33. The highest BCUT2D eigenvalue weighted by Gasteiger charge is 2.06. The van der Waals surface area contributed by atoms with Crippen LogP contribution in [0.1, 0.15) is 25.8 Å². The van der Waals surface area contributed by atoms with Gasteiger partial charge in [-0.2, -0.15) is 0 Å². The van der Waals surface area contributed by atoms with Crippen LogP contribution in [0.4, 0.5) is 0 Å². The maximum Gasteiger partial charge on any atom is 0.126 e. The second-order valence-corrected chi connectivity index (χ2v) is 4.42. The third-order valence-corrected chi connectivity index (χ3v) is 3.45. The molecule has 0 saturated heterocycles. The van der Waals surface area contributed by atoms with Gasteiger partial charge in [0.2, 0.25) is 0 Å². The van der Waals surface area contributed by atoms with E-state index in [2.05, 4.69) is 35.0 Å². The quantitative estimate of drug-likeness (QED) is 0.697. The Bertz CT molecular complexity index is 329. The van der Waals surface area contributed by atoms with Gasteiger partial charge in [-0.15, -0.1) is 0 Å². The minimum Gasteiger partial charge on any atom is -0.493 e. The van der Waals surface area contributed by atoms with Crippen molar-refractivity contribution in [3.8, 4) is 5.75 Å². The van der Waals surface area contributed by atoms with Gasteiger partial charge < -0.3 is 4.74 Å². The van der Waals surface area contributed by atoms with E-state index in [0.29, 0.717) is 5.92 Å². The molecule has 0 radical (unpaired) electrons. The number of para-hydroxylation sites is 1. The molecule has 0 N–H and O–H groups in total. The molecule has 0 aliphatic carbocycles. The molecule has 1 aromatic rings. The Balaban J connectivity index is 2.65. The molecule has 1 aromatic carbocycles. The van der Waals surface area contributed by atoms with Crippen molar-refractivity contribution in [3.63, 3.8) is 0 Å². The zero-order chi connectivity index (χ0) is 11.8. The molecule has 0 amide bonds. The molecule has 2 heteroatoms. The van der Waals surface area contributed by atoms with Gasteiger partial charge in [0.25, 0.3) is 0 Å². The average molecular weight is 283 g/mol. The lowest BCUT2D eigenvalue weighted by molar-refractivity contribution is 0.259. The standard InChI is InChI=1S/C14H19BrO/c1-3-7-13-8-5-6-9-14(13)16-11-12(4-2)10-15/h3,5-9,12H,4,10-11H2,1-2H3. The van der Waals surface area contributed by atoms with Crippen molar-refractivity contribution in [2.75, 3.05) is 11.9 Å². The van der Waals surface area contributed by atoms with Gasteiger partial charge in [-0.3, -0.25) is 0 Å². The van der Waals surface area contributed by atoms with E-state index in [4.69, 9.17) is 4.74 Å². The lowest BCUT2D eigenvalue weighted by Crippen LogP contribution is -2.12. The van der Waals surface area contributed by atoms with Gasteiger partial charge in [0.1, 0.15) is 5.75 Å². The lowest BCUT2D eigenvalue weighted by atomic mass is 10.1. The normalized spacial score (nSPS) is 12.9. The van der Waals surface area contributed by atoms with Gasteiger partial charge in [-0.25, -0.2) is 0 Å². The first kappa shape index (κ1) is 13.3. The van der Waals surface area contributed by atoms with Gasteiger partial charge in [0.15, 0.2) is 0 Å². The van der Waals surface area contributed by atoms with Crippen LogP contribution >= 0.6 is 15.9 Å². The highest BCUT2D eigenvalue weighted by molar-refractivity contribution is 9.09. The van der Waals surface area contributed by atoms with Crippen molar-refractivity contribution in [1.29, 1.82) is 0 Å². The first-order valence-electron chi connectivity index (χ1n) is 5.72. The van der Waals surface area contributed by atoms with Gasteiger partial charge in [0.05, 0.1) is 6.61 Å². The largest absolute Gasteiger partial charge is 0.493 e. The van der Waals surface area contributed by atoms with Crippen molar-refractivity contribution < 1.29 is 4.74 Å². The van der Waals surface area contributed by atoms with E-state index in [0.717, 1.165) is 29.7 Å². The number of hydrogen-bond acceptors (Lipinski definition) is 1. The summed E-state index contributed by atoms with van der Waals surface area (Å²) < 4.78 is 5.85. The number of alkyl halides is 1. The molecule has 0 aromatic heterocycles. The third-order valence-electron chi connectivity index (χ3n) is 2.54. The highest BCUT2D eigenvalue weighted by atomic mass is 79.9. The Morgan fingerprint density at radius 1 is 1.38 bits per heavy atom. The molecule has 0 spiro atoms. The fourth-order valence-electron chi connectivity index (χ4n) is 1.41. The maximum atomic E-state index is 5.85. The third kappa shape index (κ3) is 4.01. The number of halogens is 1. The van der Waals surface area contributed by atoms with Crippen LogP contribution < -0.4 is 4.74 Å². The molecule has 0 aliphatic heterocycles. The van der Waals surface area contributed by atoms with Crippen LogP contribution in [0.2, 0.25) is 0 Å². The van der Waals surface area contributed by atoms with Crippen molar-refractivity contribution in [2.24, 2.45) is 5.92 Å². The first-order valence-corrected chi connectivity index (χ1v) is 6.84. The van der Waals surface area contributed by atoms with Gasteiger partial charge in [0, 0.05) is 16.8 Å². The summed E-state index contributed by atoms with van der Waals surface area (Å²) in [7, 11) is 0. The smallest absolute Gasteiger partial charge is 0.126 e. The number of allylic oxidation sites excluding steroid dienone is 1. The van der Waals surface area contributed by atoms with Crippen molar-refractivity contribution in [1.82, 2.24) is 0 Å². The minimum absolute atomic E-state index is 0.582. The molecule has 0 fully saturated rings. The summed E-state index contributed by atoms with van der Waals surface area (Å²) in [5.41, 5.74) is 1.15. The van der Waals surface area contributed by atoms with E-state index < -0.39 is 0 Å². The van der Waals surface area contributed by atoms with Crippen LogP contribution in [0.5, 0.6) is 5.75 Å². The Hall–Kier alpha value is -0.760. The summed E-state index contributed by atoms with van der Waals surface area (Å²) in [4.78, 5) is 0. The summed E-state index contributed by atoms with van der Waals surface area (Å²) in [6.07, 6.45) is 5.24. The van der Waals surface area contributed by atoms with Crippen molar-refractivity contribution in [2.45, 2.75) is 20.3 Å². The predicted octanol–water partition coefficient (Wildman–Crippen LogP) is 4.52. The summed E-state index contributed by atoms with van der Waals surface area (Å²) in [6.45, 7) is 4.98. The molecule has 1 nitrogen and oxygen atoms in total. The van der Waals surface area contributed by atoms with Crippen LogP contribution in [0, 0.1) is 5.92 Å². The molecular weight excluding hydrogens is 264 g/mol. The van der Waals surface area contributed by atoms with Crippen LogP contribution in [-0.2, 0) is 0 Å². The lowest BCUT2D eigenvalue weighted by Gasteiger charge is -2.14. The van der Waals surface area contributed by atoms with Crippen LogP contribution in [0.3, 0.4) is 0 Å². The number of benzene rings is 1. The molecular formula is C14H19BrO. The van der Waals surface area contributed by atoms with Crippen LogP contribution in [0.15, 0.2) is 30.3 Å². The summed E-state index contributed by atoms with van der Waals surface area (Å²) in [5.74, 6) is 1.55. The zero-order valence-corrected chi connectivity index (χ0v) is 11.5. The Kier molecular flexibility index (Phi) is 6.24. The van der Waals surface area contributed by atoms with Gasteiger partial charge in [-0.1, -0.05) is 53.2 Å². The van der Waals surface area contributed by atoms with E-state index in [9.17, 15) is 0 Å². The molecule has 1 rings (SSSR count). The van der Waals surface area contributed by atoms with Crippen LogP contribution in [0.25, 0.3) is 6.08 Å². The Morgan fingerprint density at radius 3 is 2.75 bits per heavy atom. The van der Waals surface area contributed by atoms with E-state index in [-0.39, 0.29) is 0 Å². The SMILES string of the molecule is CC=Cc1ccccc1OCC(CC)CBr. The predicted molar refractivity (Wildman–Crippen MR) is 74.2 cm³/mol. The monoisotopic (exact) mass is 282 g/mol. The molecule has 0 saturated carbocycles. The van der Waals surface area contributed by atoms with E-state index >= 15 is 0 Å². The molecule has 0 bridgehead atoms. The van der Waals surface area contributed by atoms with Gasteiger partial charge >= 0.3 is 0 Å². The molecule has 0 heterocycles. The fraction of sp³-hybridized carbons (Fsp3) is 0.429. The summed E-state index contributed by atoms with van der Waals surface area (Å²) in [5, 5.41) is 0.995. The molecule has 16 heavy (non-hydrogen) atoms. The Morgan fingerprint density at radius 2 is 2.12 bits per heavy atom. The minimum atomic E-state index is 0.582. The molecule has 1 atom stereocenters. The number of ether oxygens (including phenoxy) is 1. The zero-order valence-electron chi connectivity index (χ0n) is 9.95.